The monoisotopic (exact) mass is 368 g/mol. The third-order valence-corrected chi connectivity index (χ3v) is 4.81. The van der Waals surface area contributed by atoms with Gasteiger partial charge in [0.05, 0.1) is 6.54 Å². The summed E-state index contributed by atoms with van der Waals surface area (Å²) in [6, 6.07) is 11.9. The highest BCUT2D eigenvalue weighted by Crippen LogP contribution is 2.29. The number of carbonyl (C=O) groups excluding carboxylic acids is 3. The molecule has 1 fully saturated rings. The molecular formula is C21H21FN2O3. The van der Waals surface area contributed by atoms with Crippen molar-refractivity contribution in [3.8, 4) is 0 Å². The predicted molar refractivity (Wildman–Crippen MR) is 98.8 cm³/mol. The van der Waals surface area contributed by atoms with Crippen LogP contribution in [0.3, 0.4) is 0 Å². The molecule has 140 valence electrons. The third-order valence-electron chi connectivity index (χ3n) is 4.81. The molecule has 5 nitrogen and oxygen atoms in total. The Bertz CT molecular complexity index is 877. The summed E-state index contributed by atoms with van der Waals surface area (Å²) < 4.78 is 13.0. The number of nitrogens with zero attached hydrogens (tertiary/aromatic N) is 1. The zero-order chi connectivity index (χ0) is 19.6. The van der Waals surface area contributed by atoms with Crippen LogP contribution < -0.4 is 5.32 Å². The molecule has 1 heterocycles. The summed E-state index contributed by atoms with van der Waals surface area (Å²) in [4.78, 5) is 38.5. The van der Waals surface area contributed by atoms with Crippen molar-refractivity contribution in [3.05, 3.63) is 71.0 Å². The highest BCUT2D eigenvalue weighted by molar-refractivity contribution is 6.11. The molecule has 1 saturated heterocycles. The Balaban J connectivity index is 1.79. The number of hydrogen-bond acceptors (Lipinski definition) is 3. The number of nitrogens with one attached hydrogen (secondary N) is 1. The van der Waals surface area contributed by atoms with Gasteiger partial charge >= 0.3 is 6.03 Å². The van der Waals surface area contributed by atoms with E-state index in [1.54, 1.807) is 6.92 Å². The van der Waals surface area contributed by atoms with E-state index >= 15 is 0 Å². The number of carbonyl (C=O) groups is 3. The Morgan fingerprint density at radius 1 is 1.07 bits per heavy atom. The van der Waals surface area contributed by atoms with Gasteiger partial charge in [-0.2, -0.15) is 0 Å². The van der Waals surface area contributed by atoms with E-state index in [2.05, 4.69) is 12.2 Å². The number of benzene rings is 2. The number of ketones is 1. The van der Waals surface area contributed by atoms with Gasteiger partial charge in [0.25, 0.3) is 5.91 Å². The molecule has 0 aromatic heterocycles. The van der Waals surface area contributed by atoms with Crippen LogP contribution in [0.4, 0.5) is 9.18 Å². The van der Waals surface area contributed by atoms with Crippen LogP contribution >= 0.6 is 0 Å². The summed E-state index contributed by atoms with van der Waals surface area (Å²) in [5.74, 6) is -1.37. The first-order valence-corrected chi connectivity index (χ1v) is 8.87. The lowest BCUT2D eigenvalue weighted by Gasteiger charge is -2.22. The van der Waals surface area contributed by atoms with Gasteiger partial charge in [0.2, 0.25) is 0 Å². The molecule has 2 aromatic carbocycles. The molecule has 1 aliphatic heterocycles. The van der Waals surface area contributed by atoms with E-state index in [1.165, 1.54) is 24.3 Å². The van der Waals surface area contributed by atoms with Gasteiger partial charge in [-0.3, -0.25) is 14.5 Å². The van der Waals surface area contributed by atoms with Gasteiger partial charge in [0, 0.05) is 5.56 Å². The molecule has 27 heavy (non-hydrogen) atoms. The molecule has 6 heteroatoms. The zero-order valence-corrected chi connectivity index (χ0v) is 15.3. The second kappa shape index (κ2) is 7.31. The van der Waals surface area contributed by atoms with E-state index in [4.69, 9.17) is 0 Å². The summed E-state index contributed by atoms with van der Waals surface area (Å²) in [6.07, 6.45) is 1.96. The minimum atomic E-state index is -1.22. The lowest BCUT2D eigenvalue weighted by atomic mass is 9.91. The highest BCUT2D eigenvalue weighted by atomic mass is 19.1. The Kier molecular flexibility index (Phi) is 5.08. The maximum atomic E-state index is 13.0. The van der Waals surface area contributed by atoms with Gasteiger partial charge in [0.1, 0.15) is 11.4 Å². The third kappa shape index (κ3) is 3.60. The Morgan fingerprint density at radius 2 is 1.70 bits per heavy atom. The van der Waals surface area contributed by atoms with Crippen molar-refractivity contribution in [1.29, 1.82) is 0 Å². The van der Waals surface area contributed by atoms with Crippen LogP contribution in [0.2, 0.25) is 0 Å². The fourth-order valence-electron chi connectivity index (χ4n) is 3.20. The van der Waals surface area contributed by atoms with Crippen molar-refractivity contribution < 1.29 is 18.8 Å². The first-order valence-electron chi connectivity index (χ1n) is 8.87. The number of aryl methyl sites for hydroxylation is 1. The highest BCUT2D eigenvalue weighted by Gasteiger charge is 2.49. The van der Waals surface area contributed by atoms with Gasteiger partial charge in [-0.25, -0.2) is 9.18 Å². The van der Waals surface area contributed by atoms with Crippen LogP contribution in [0.15, 0.2) is 48.5 Å². The van der Waals surface area contributed by atoms with E-state index in [0.717, 1.165) is 23.3 Å². The molecule has 0 saturated carbocycles. The lowest BCUT2D eigenvalue weighted by molar-refractivity contribution is -0.130. The van der Waals surface area contributed by atoms with E-state index in [-0.39, 0.29) is 12.1 Å². The van der Waals surface area contributed by atoms with Crippen molar-refractivity contribution in [2.45, 2.75) is 32.2 Å². The number of rotatable bonds is 6. The molecule has 3 amide bonds. The second-order valence-corrected chi connectivity index (χ2v) is 6.82. The van der Waals surface area contributed by atoms with Crippen molar-refractivity contribution in [1.82, 2.24) is 10.2 Å². The standard InChI is InChI=1S/C21H21FN2O3/c1-3-4-14-5-9-16(10-6-14)21(2)19(26)24(20(27)23-21)13-18(25)15-7-11-17(22)12-8-15/h5-12H,3-4,13H2,1-2H3,(H,23,27)/t21-/m1/s1. The van der Waals surface area contributed by atoms with Gasteiger partial charge in [-0.15, -0.1) is 0 Å². The summed E-state index contributed by atoms with van der Waals surface area (Å²) in [5, 5.41) is 2.69. The largest absolute Gasteiger partial charge is 0.325 e. The zero-order valence-electron chi connectivity index (χ0n) is 15.3. The first-order chi connectivity index (χ1) is 12.8. The van der Waals surface area contributed by atoms with E-state index in [1.807, 2.05) is 24.3 Å². The van der Waals surface area contributed by atoms with Gasteiger partial charge in [-0.1, -0.05) is 37.6 Å². The van der Waals surface area contributed by atoms with E-state index < -0.39 is 29.1 Å². The van der Waals surface area contributed by atoms with E-state index in [9.17, 15) is 18.8 Å². The molecule has 0 bridgehead atoms. The molecule has 3 rings (SSSR count). The average Bonchev–Trinajstić information content (AvgIpc) is 2.87. The molecular weight excluding hydrogens is 347 g/mol. The predicted octanol–water partition coefficient (Wildman–Crippen LogP) is 3.43. The number of amides is 3. The second-order valence-electron chi connectivity index (χ2n) is 6.82. The first kappa shape index (κ1) is 18.8. The van der Waals surface area contributed by atoms with Gasteiger partial charge in [0.15, 0.2) is 5.78 Å². The number of halogens is 1. The number of Topliss-reactive ketones (excluding diaryl/α,β-unsaturated/α-hetero) is 1. The van der Waals surface area contributed by atoms with Crippen LogP contribution in [0, 0.1) is 5.82 Å². The topological polar surface area (TPSA) is 66.5 Å². The SMILES string of the molecule is CCCc1ccc([C@@]2(C)NC(=O)N(CC(=O)c3ccc(F)cc3)C2=O)cc1. The van der Waals surface area contributed by atoms with Crippen LogP contribution in [0.25, 0.3) is 0 Å². The molecule has 0 radical (unpaired) electrons. The minimum absolute atomic E-state index is 0.245. The molecule has 1 aliphatic rings. The Hall–Kier alpha value is -3.02. The molecule has 0 aliphatic carbocycles. The summed E-state index contributed by atoms with van der Waals surface area (Å²) in [6.45, 7) is 3.33. The average molecular weight is 368 g/mol. The van der Waals surface area contributed by atoms with Gasteiger partial charge < -0.3 is 5.32 Å². The summed E-state index contributed by atoms with van der Waals surface area (Å²) in [7, 11) is 0. The fourth-order valence-corrected chi connectivity index (χ4v) is 3.20. The Morgan fingerprint density at radius 3 is 2.30 bits per heavy atom. The van der Waals surface area contributed by atoms with Crippen molar-refractivity contribution in [2.24, 2.45) is 0 Å². The van der Waals surface area contributed by atoms with Crippen LogP contribution in [-0.4, -0.2) is 29.2 Å². The maximum Gasteiger partial charge on any atom is 0.325 e. The smallest absolute Gasteiger partial charge is 0.319 e. The summed E-state index contributed by atoms with van der Waals surface area (Å²) in [5.41, 5.74) is 0.849. The lowest BCUT2D eigenvalue weighted by Crippen LogP contribution is -2.41. The normalized spacial score (nSPS) is 19.3. The molecule has 1 atom stereocenters. The van der Waals surface area contributed by atoms with E-state index in [0.29, 0.717) is 5.56 Å². The summed E-state index contributed by atoms with van der Waals surface area (Å²) >= 11 is 0. The maximum absolute atomic E-state index is 13.0. The van der Waals surface area contributed by atoms with Crippen molar-refractivity contribution in [2.75, 3.05) is 6.54 Å². The van der Waals surface area contributed by atoms with Crippen LogP contribution in [-0.2, 0) is 16.8 Å². The Labute approximate surface area is 157 Å². The van der Waals surface area contributed by atoms with Crippen LogP contribution in [0.5, 0.6) is 0 Å². The number of urea groups is 1. The molecule has 1 N–H and O–H groups in total. The number of hydrogen-bond donors (Lipinski definition) is 1. The molecule has 2 aromatic rings. The quantitative estimate of drug-likeness (QED) is 0.627. The van der Waals surface area contributed by atoms with Crippen LogP contribution in [0.1, 0.15) is 41.8 Å². The van der Waals surface area contributed by atoms with Crippen molar-refractivity contribution >= 4 is 17.7 Å². The van der Waals surface area contributed by atoms with Crippen molar-refractivity contribution in [3.63, 3.8) is 0 Å². The fraction of sp³-hybridized carbons (Fsp3) is 0.286. The molecule has 0 spiro atoms. The van der Waals surface area contributed by atoms with Gasteiger partial charge in [-0.05, 0) is 48.7 Å². The minimum Gasteiger partial charge on any atom is -0.319 e. The molecule has 0 unspecified atom stereocenters. The number of imide groups is 1.